The van der Waals surface area contributed by atoms with Crippen LogP contribution in [0.15, 0.2) is 91.0 Å². The van der Waals surface area contributed by atoms with Gasteiger partial charge in [-0.15, -0.1) is 0 Å². The van der Waals surface area contributed by atoms with Gasteiger partial charge in [-0.1, -0.05) is 180 Å². The molecule has 1 saturated heterocycles. The smallest absolute Gasteiger partial charge is 0.154 e. The first-order valence-corrected chi connectivity index (χ1v) is 45.7. The van der Waals surface area contributed by atoms with E-state index < -0.39 is 56.2 Å². The lowest BCUT2D eigenvalue weighted by Gasteiger charge is -2.87. The molecule has 1 aliphatic heterocycles. The van der Waals surface area contributed by atoms with Crippen molar-refractivity contribution < 1.29 is 0 Å². The Morgan fingerprint density at radius 1 is 0.385 bits per heavy atom. The van der Waals surface area contributed by atoms with Crippen molar-refractivity contribution in [3.05, 3.63) is 91.0 Å². The molecule has 0 radical (unpaired) electrons. The molecule has 0 unspecified atom stereocenters. The molecular weight excluding hydrogens is 620 g/mol. The monoisotopic (exact) mass is 670 g/mol. The molecule has 9 heteroatoms. The van der Waals surface area contributed by atoms with E-state index in [9.17, 15) is 11.1 Å². The maximum atomic E-state index is 9.24. The molecule has 0 spiro atoms. The Morgan fingerprint density at radius 2 is 0.615 bits per heavy atom. The standard InChI is InChI=1S/C30H51ClSi8/c1-32(2,3)38(33(4,5)6)36(28-22-16-13-17-23-28,29-24-18-14-19-25-29)39(34(7,8)9,35(10,11)12)37(38,31)30-26-20-15-21-27-30/h13-27H,1-12H3. The molecule has 4 rings (SSSR count). The average Bonchev–Trinajstić information content (AvgIpc) is 2.80. The first-order chi connectivity index (χ1) is 17.8. The average molecular weight is 672 g/mol. The molecule has 0 nitrogen and oxygen atoms in total. The van der Waals surface area contributed by atoms with Gasteiger partial charge in [-0.2, -0.15) is 11.1 Å². The Morgan fingerprint density at radius 3 is 0.846 bits per heavy atom. The molecular formula is C30H51ClSi8. The summed E-state index contributed by atoms with van der Waals surface area (Å²) >= 11 is 9.24. The highest BCUT2D eigenvalue weighted by atomic mass is 35.6. The summed E-state index contributed by atoms with van der Waals surface area (Å²) in [6.45, 7) is 33.6. The molecule has 39 heavy (non-hydrogen) atoms. The van der Waals surface area contributed by atoms with Crippen molar-refractivity contribution >= 4 is 82.8 Å². The van der Waals surface area contributed by atoms with Crippen LogP contribution in [0, 0.1) is 0 Å². The zero-order valence-corrected chi connectivity index (χ0v) is 35.3. The van der Waals surface area contributed by atoms with E-state index in [2.05, 4.69) is 170 Å². The number of halogens is 1. The molecule has 0 atom stereocenters. The van der Waals surface area contributed by atoms with Crippen LogP contribution in [0.3, 0.4) is 0 Å². The molecule has 0 aromatic heterocycles. The van der Waals surface area contributed by atoms with E-state index >= 15 is 0 Å². The van der Waals surface area contributed by atoms with Crippen molar-refractivity contribution in [2.45, 2.75) is 78.6 Å². The Balaban J connectivity index is 2.50. The van der Waals surface area contributed by atoms with Crippen molar-refractivity contribution in [3.8, 4) is 0 Å². The number of benzene rings is 3. The molecule has 210 valence electrons. The van der Waals surface area contributed by atoms with Crippen LogP contribution in [0.2, 0.25) is 78.6 Å². The van der Waals surface area contributed by atoms with E-state index in [4.69, 9.17) is 0 Å². The highest BCUT2D eigenvalue weighted by Gasteiger charge is 2.99. The molecule has 3 aromatic carbocycles. The topological polar surface area (TPSA) is 0 Å². The minimum Gasteiger partial charge on any atom is -0.170 e. The van der Waals surface area contributed by atoms with Gasteiger partial charge in [0.25, 0.3) is 0 Å². The van der Waals surface area contributed by atoms with Crippen molar-refractivity contribution in [2.24, 2.45) is 0 Å². The van der Waals surface area contributed by atoms with E-state index in [1.807, 2.05) is 0 Å². The van der Waals surface area contributed by atoms with E-state index in [0.717, 1.165) is 0 Å². The Labute approximate surface area is 250 Å². The molecule has 0 N–H and O–H groups in total. The SMILES string of the molecule is C[Si](C)(C)[Si]1([Si](C)(C)C)[Si](Cl)(c2ccccc2)[Si]([Si](C)(C)C)([Si](C)(C)C)[Si]1(c1ccccc1)c1ccccc1. The third-order valence-corrected chi connectivity index (χ3v) is 249. The van der Waals surface area contributed by atoms with Crippen LogP contribution in [0.25, 0.3) is 0 Å². The minimum absolute atomic E-state index is 1.66. The quantitative estimate of drug-likeness (QED) is 0.184. The predicted molar refractivity (Wildman–Crippen MR) is 200 cm³/mol. The van der Waals surface area contributed by atoms with Crippen molar-refractivity contribution in [1.82, 2.24) is 0 Å². The lowest BCUT2D eigenvalue weighted by molar-refractivity contribution is 1.70. The van der Waals surface area contributed by atoms with Gasteiger partial charge in [-0.05, 0) is 5.19 Å². The lowest BCUT2D eigenvalue weighted by atomic mass is 10.4. The van der Waals surface area contributed by atoms with Crippen LogP contribution in [-0.2, 0) is 0 Å². The van der Waals surface area contributed by atoms with Gasteiger partial charge < -0.3 is 0 Å². The van der Waals surface area contributed by atoms with Gasteiger partial charge in [0.2, 0.25) is 0 Å². The minimum atomic E-state index is -2.42. The number of hydrogen-bond donors (Lipinski definition) is 0. The van der Waals surface area contributed by atoms with Gasteiger partial charge in [0.1, 0.15) is 0 Å². The molecule has 0 aliphatic carbocycles. The summed E-state index contributed by atoms with van der Waals surface area (Å²) < 4.78 is 0. The molecule has 0 bridgehead atoms. The fourth-order valence-corrected chi connectivity index (χ4v) is 496. The largest absolute Gasteiger partial charge is 0.170 e. The second kappa shape index (κ2) is 9.87. The number of rotatable bonds is 7. The van der Waals surface area contributed by atoms with Crippen molar-refractivity contribution in [1.29, 1.82) is 0 Å². The van der Waals surface area contributed by atoms with Crippen molar-refractivity contribution in [3.63, 3.8) is 0 Å². The van der Waals surface area contributed by atoms with Gasteiger partial charge in [0.15, 0.2) is 6.42 Å². The summed E-state index contributed by atoms with van der Waals surface area (Å²) in [6.07, 6.45) is -6.63. The zero-order valence-electron chi connectivity index (χ0n) is 26.5. The fraction of sp³-hybridized carbons (Fsp3) is 0.400. The maximum absolute atomic E-state index is 9.24. The Hall–Kier alpha value is -0.315. The second-order valence-corrected chi connectivity index (χ2v) is 111. The highest BCUT2D eigenvalue weighted by Crippen LogP contribution is 2.64. The van der Waals surface area contributed by atoms with Crippen LogP contribution in [0.5, 0.6) is 0 Å². The zero-order chi connectivity index (χ0) is 29.3. The summed E-state index contributed by atoms with van der Waals surface area (Å²) in [5, 5.41) is 5.25. The van der Waals surface area contributed by atoms with Gasteiger partial charge in [0.05, 0.1) is 19.4 Å². The molecule has 3 aromatic rings. The van der Waals surface area contributed by atoms with E-state index in [0.29, 0.717) is 0 Å². The first kappa shape index (κ1) is 31.6. The van der Waals surface area contributed by atoms with Gasteiger partial charge in [0, 0.05) is 30.4 Å². The first-order valence-electron chi connectivity index (χ1n) is 14.7. The van der Waals surface area contributed by atoms with Gasteiger partial charge >= 0.3 is 0 Å². The van der Waals surface area contributed by atoms with E-state index in [1.54, 1.807) is 15.6 Å². The second-order valence-electron chi connectivity index (χ2n) is 16.0. The number of hydrogen-bond acceptors (Lipinski definition) is 0. The molecule has 0 saturated carbocycles. The third kappa shape index (κ3) is 3.71. The Bertz CT molecular complexity index is 1190. The fourth-order valence-electron chi connectivity index (χ4n) is 11.1. The van der Waals surface area contributed by atoms with Crippen LogP contribution < -0.4 is 15.6 Å². The third-order valence-electron chi connectivity index (χ3n) is 10.2. The summed E-state index contributed by atoms with van der Waals surface area (Å²) in [4.78, 5) is 0. The normalized spacial score (nSPS) is 20.2. The van der Waals surface area contributed by atoms with E-state index in [1.165, 1.54) is 0 Å². The molecule has 1 fully saturated rings. The summed E-state index contributed by atoms with van der Waals surface area (Å²) in [5.41, 5.74) is 0. The van der Waals surface area contributed by atoms with Crippen LogP contribution >= 0.6 is 11.1 Å². The molecule has 0 amide bonds. The van der Waals surface area contributed by atoms with Gasteiger partial charge in [-0.3, -0.25) is 0 Å². The lowest BCUT2D eigenvalue weighted by Crippen LogP contribution is -3.27. The maximum Gasteiger partial charge on any atom is 0.154 e. The van der Waals surface area contributed by atoms with Crippen LogP contribution in [-0.4, -0.2) is 56.2 Å². The van der Waals surface area contributed by atoms with Crippen LogP contribution in [0.1, 0.15) is 0 Å². The van der Waals surface area contributed by atoms with E-state index in [-0.39, 0.29) is 0 Å². The molecule has 1 aliphatic rings. The van der Waals surface area contributed by atoms with Crippen molar-refractivity contribution in [2.75, 3.05) is 0 Å². The Kier molecular flexibility index (Phi) is 8.00. The summed E-state index contributed by atoms with van der Waals surface area (Å²) in [6, 6.07) is 36.5. The van der Waals surface area contributed by atoms with Crippen LogP contribution in [0.4, 0.5) is 0 Å². The summed E-state index contributed by atoms with van der Waals surface area (Å²) in [7, 11) is -9.28. The molecule has 1 heterocycles. The highest BCUT2D eigenvalue weighted by molar-refractivity contribution is 8.50. The predicted octanol–water partition coefficient (Wildman–Crippen LogP) is 7.23. The van der Waals surface area contributed by atoms with Gasteiger partial charge in [-0.25, -0.2) is 0 Å². The summed E-state index contributed by atoms with van der Waals surface area (Å²) in [5.74, 6) is 0.